The molecular weight excluding hydrogens is 391 g/mol. The number of likely N-dealkylation sites (tertiary alicyclic amines) is 1. The number of ether oxygens (including phenoxy) is 1. The van der Waals surface area contributed by atoms with E-state index in [2.05, 4.69) is 29.2 Å². The van der Waals surface area contributed by atoms with E-state index in [-0.39, 0.29) is 17.7 Å². The van der Waals surface area contributed by atoms with Gasteiger partial charge in [0.15, 0.2) is 0 Å². The maximum absolute atomic E-state index is 14.6. The van der Waals surface area contributed by atoms with E-state index in [0.717, 1.165) is 38.9 Å². The van der Waals surface area contributed by atoms with E-state index in [4.69, 9.17) is 10.1 Å². The molecule has 1 saturated heterocycles. The van der Waals surface area contributed by atoms with Crippen molar-refractivity contribution in [1.29, 1.82) is 5.41 Å². The third-order valence-corrected chi connectivity index (χ3v) is 6.73. The van der Waals surface area contributed by atoms with Gasteiger partial charge in [-0.3, -0.25) is 10.3 Å². The number of piperidine rings is 1. The van der Waals surface area contributed by atoms with Crippen molar-refractivity contribution in [3.63, 3.8) is 0 Å². The topological polar surface area (TPSA) is 56.6 Å². The van der Waals surface area contributed by atoms with Crippen LogP contribution in [0.4, 0.5) is 4.39 Å². The maximum atomic E-state index is 14.6. The maximum Gasteiger partial charge on any atom is 0.213 e. The molecule has 0 amide bonds. The zero-order chi connectivity index (χ0) is 21.8. The molecule has 2 bridgehead atoms. The Morgan fingerprint density at radius 2 is 1.87 bits per heavy atom. The van der Waals surface area contributed by atoms with Crippen LogP contribution in [0.25, 0.3) is 0 Å². The lowest BCUT2D eigenvalue weighted by Gasteiger charge is -2.54. The Labute approximate surface area is 183 Å². The van der Waals surface area contributed by atoms with Crippen LogP contribution in [-0.2, 0) is 11.3 Å². The third kappa shape index (κ3) is 4.58. The fourth-order valence-corrected chi connectivity index (χ4v) is 5.26. The van der Waals surface area contributed by atoms with Gasteiger partial charge in [0.25, 0.3) is 0 Å². The predicted octanol–water partition coefficient (Wildman–Crippen LogP) is 4.94. The SMILES string of the molecule is CCOC(=N)C1=C/C=C(C2(O)C3CCCC2CN(Cc2ccccc2)C3)\C=C(\F)C=C1. The normalized spacial score (nSPS) is 32.0. The minimum Gasteiger partial charge on any atom is -0.478 e. The summed E-state index contributed by atoms with van der Waals surface area (Å²) in [6.07, 6.45) is 10.8. The summed E-state index contributed by atoms with van der Waals surface area (Å²) in [5.41, 5.74) is 1.31. The van der Waals surface area contributed by atoms with E-state index in [1.54, 1.807) is 18.2 Å². The van der Waals surface area contributed by atoms with Crippen molar-refractivity contribution in [2.75, 3.05) is 19.7 Å². The van der Waals surface area contributed by atoms with E-state index in [9.17, 15) is 9.50 Å². The standard InChI is InChI=1S/C26H31FN2O2/c1-2-31-25(28)20-11-13-21(15-24(27)14-12-20)26(30)22-9-6-10-23(26)18-29(17-22)16-19-7-4-3-5-8-19/h3-5,7-8,11-15,22-23,28,30H,2,6,9-10,16-18H2,1H3/b13-11?,14-12?,20-11?,20-12?,21-13+,21-15?,24-14?,24-15+,28-25?. The molecule has 1 saturated carbocycles. The average molecular weight is 423 g/mol. The van der Waals surface area contributed by atoms with Crippen molar-refractivity contribution < 1.29 is 14.2 Å². The van der Waals surface area contributed by atoms with Gasteiger partial charge in [0, 0.05) is 37.0 Å². The molecule has 2 atom stereocenters. The van der Waals surface area contributed by atoms with Crippen LogP contribution in [-0.4, -0.2) is 41.2 Å². The molecule has 2 unspecified atom stereocenters. The summed E-state index contributed by atoms with van der Waals surface area (Å²) in [4.78, 5) is 2.42. The summed E-state index contributed by atoms with van der Waals surface area (Å²) < 4.78 is 19.9. The number of halogens is 1. The molecule has 0 spiro atoms. The summed E-state index contributed by atoms with van der Waals surface area (Å²) in [5, 5.41) is 20.0. The largest absolute Gasteiger partial charge is 0.478 e. The Balaban J connectivity index is 1.61. The van der Waals surface area contributed by atoms with Crippen molar-refractivity contribution in [3.8, 4) is 0 Å². The minimum atomic E-state index is -1.07. The number of nitrogens with one attached hydrogen (secondary N) is 1. The van der Waals surface area contributed by atoms with Gasteiger partial charge in [-0.2, -0.15) is 0 Å². The van der Waals surface area contributed by atoms with E-state index in [0.29, 0.717) is 17.8 Å². The number of benzene rings is 1. The molecule has 4 rings (SSSR count). The van der Waals surface area contributed by atoms with Gasteiger partial charge in [0.2, 0.25) is 5.90 Å². The number of hydrogen-bond acceptors (Lipinski definition) is 4. The molecule has 1 aromatic carbocycles. The smallest absolute Gasteiger partial charge is 0.213 e. The molecular formula is C26H31FN2O2. The van der Waals surface area contributed by atoms with E-state index in [1.165, 1.54) is 17.7 Å². The van der Waals surface area contributed by atoms with Crippen molar-refractivity contribution >= 4 is 5.90 Å². The number of fused-ring (bicyclic) bond motifs is 2. The molecule has 4 nitrogen and oxygen atoms in total. The van der Waals surface area contributed by atoms with Gasteiger partial charge in [-0.1, -0.05) is 42.8 Å². The molecule has 164 valence electrons. The first-order valence-electron chi connectivity index (χ1n) is 11.2. The highest BCUT2D eigenvalue weighted by Crippen LogP contribution is 2.48. The highest BCUT2D eigenvalue weighted by molar-refractivity contribution is 5.94. The van der Waals surface area contributed by atoms with Crippen molar-refractivity contribution in [3.05, 3.63) is 83.2 Å². The average Bonchev–Trinajstić information content (AvgIpc) is 2.72. The van der Waals surface area contributed by atoms with Crippen molar-refractivity contribution in [2.24, 2.45) is 11.8 Å². The molecule has 2 N–H and O–H groups in total. The van der Waals surface area contributed by atoms with Gasteiger partial charge in [-0.25, -0.2) is 4.39 Å². The second-order valence-corrected chi connectivity index (χ2v) is 8.70. The van der Waals surface area contributed by atoms with Crippen LogP contribution in [0.15, 0.2) is 77.7 Å². The molecule has 2 aliphatic carbocycles. The third-order valence-electron chi connectivity index (χ3n) is 6.73. The second-order valence-electron chi connectivity index (χ2n) is 8.70. The van der Waals surface area contributed by atoms with Gasteiger partial charge >= 0.3 is 0 Å². The first-order valence-corrected chi connectivity index (χ1v) is 11.2. The molecule has 1 aromatic rings. The zero-order valence-corrected chi connectivity index (χ0v) is 18.1. The predicted molar refractivity (Wildman–Crippen MR) is 121 cm³/mol. The lowest BCUT2D eigenvalue weighted by Crippen LogP contribution is -2.60. The molecule has 3 aliphatic rings. The zero-order valence-electron chi connectivity index (χ0n) is 18.1. The number of aliphatic hydroxyl groups is 1. The van der Waals surface area contributed by atoms with Gasteiger partial charge in [-0.05, 0) is 55.2 Å². The summed E-state index contributed by atoms with van der Waals surface area (Å²) in [6.45, 7) is 4.64. The van der Waals surface area contributed by atoms with Crippen LogP contribution in [0, 0.1) is 17.2 Å². The Bertz CT molecular complexity index is 918. The van der Waals surface area contributed by atoms with Crippen molar-refractivity contribution in [1.82, 2.24) is 4.90 Å². The summed E-state index contributed by atoms with van der Waals surface area (Å²) >= 11 is 0. The molecule has 2 fully saturated rings. The lowest BCUT2D eigenvalue weighted by molar-refractivity contribution is -0.114. The molecule has 31 heavy (non-hydrogen) atoms. The number of hydrogen-bond donors (Lipinski definition) is 2. The Hall–Kier alpha value is -2.50. The van der Waals surface area contributed by atoms with E-state index in [1.807, 2.05) is 13.0 Å². The summed E-state index contributed by atoms with van der Waals surface area (Å²) in [5.74, 6) is -0.315. The van der Waals surface area contributed by atoms with Gasteiger partial charge in [0.1, 0.15) is 5.83 Å². The van der Waals surface area contributed by atoms with Gasteiger partial charge in [0.05, 0.1) is 12.2 Å². The second kappa shape index (κ2) is 9.33. The molecule has 0 radical (unpaired) electrons. The number of nitrogens with zero attached hydrogens (tertiary/aromatic N) is 1. The molecule has 0 aromatic heterocycles. The fraction of sp³-hybridized carbons (Fsp3) is 0.423. The van der Waals surface area contributed by atoms with Crippen LogP contribution in [0.3, 0.4) is 0 Å². The first-order chi connectivity index (χ1) is 15.0. The summed E-state index contributed by atoms with van der Waals surface area (Å²) in [7, 11) is 0. The Morgan fingerprint density at radius 1 is 1.16 bits per heavy atom. The van der Waals surface area contributed by atoms with Crippen molar-refractivity contribution in [2.45, 2.75) is 38.3 Å². The highest BCUT2D eigenvalue weighted by Gasteiger charge is 2.52. The van der Waals surface area contributed by atoms with Gasteiger partial charge < -0.3 is 9.84 Å². The first kappa shape index (κ1) is 21.7. The Kier molecular flexibility index (Phi) is 6.54. The van der Waals surface area contributed by atoms with Gasteiger partial charge in [-0.15, -0.1) is 0 Å². The molecule has 1 aliphatic heterocycles. The lowest BCUT2D eigenvalue weighted by atomic mass is 9.62. The quantitative estimate of drug-likeness (QED) is 0.522. The monoisotopic (exact) mass is 422 g/mol. The van der Waals surface area contributed by atoms with Crippen LogP contribution in [0.1, 0.15) is 31.7 Å². The van der Waals surface area contributed by atoms with E-state index >= 15 is 0 Å². The summed E-state index contributed by atoms with van der Waals surface area (Å²) in [6, 6.07) is 10.4. The molecule has 1 heterocycles. The highest BCUT2D eigenvalue weighted by atomic mass is 19.1. The van der Waals surface area contributed by atoms with Crippen LogP contribution in [0.2, 0.25) is 0 Å². The van der Waals surface area contributed by atoms with Crippen LogP contribution in [0.5, 0.6) is 0 Å². The number of allylic oxidation sites excluding steroid dienone is 4. The number of rotatable bonds is 5. The van der Waals surface area contributed by atoms with Crippen LogP contribution < -0.4 is 0 Å². The Morgan fingerprint density at radius 3 is 2.55 bits per heavy atom. The fourth-order valence-electron chi connectivity index (χ4n) is 5.26. The minimum absolute atomic E-state index is 0.00825. The van der Waals surface area contributed by atoms with Crippen LogP contribution >= 0.6 is 0 Å². The molecule has 5 heteroatoms. The van der Waals surface area contributed by atoms with E-state index < -0.39 is 11.4 Å².